The molecule has 0 aromatic heterocycles. The predicted molar refractivity (Wildman–Crippen MR) is 395 cm³/mol. The molecule has 1 aliphatic heterocycles. The van der Waals surface area contributed by atoms with Gasteiger partial charge in [-0.1, -0.05) is 225 Å². The van der Waals surface area contributed by atoms with E-state index in [1.165, 1.54) is 79.2 Å². The van der Waals surface area contributed by atoms with Crippen molar-refractivity contribution in [3.05, 3.63) is 271 Å². The Morgan fingerprint density at radius 2 is 0.863 bits per heavy atom. The van der Waals surface area contributed by atoms with Crippen LogP contribution in [0.2, 0.25) is 5.02 Å². The largest absolute Gasteiger partial charge is 0.486 e. The molecule has 1 unspecified atom stereocenters. The summed E-state index contributed by atoms with van der Waals surface area (Å²) in [5, 5.41) is 29.0. The van der Waals surface area contributed by atoms with E-state index in [4.69, 9.17) is 21.1 Å². The van der Waals surface area contributed by atoms with Crippen molar-refractivity contribution >= 4 is 65.6 Å². The van der Waals surface area contributed by atoms with Crippen LogP contribution >= 0.6 is 11.6 Å². The molecule has 0 spiro atoms. The first-order valence-electron chi connectivity index (χ1n) is 33.1. The number of carbonyl (C=O) groups excluding carboxylic acids is 2. The van der Waals surface area contributed by atoms with Crippen molar-refractivity contribution in [2.45, 2.75) is 107 Å². The summed E-state index contributed by atoms with van der Waals surface area (Å²) in [6.07, 6.45) is 17.6. The maximum atomic E-state index is 11.7. The lowest BCUT2D eigenvalue weighted by atomic mass is 9.81. The van der Waals surface area contributed by atoms with Gasteiger partial charge in [0.25, 0.3) is 0 Å². The fourth-order valence-electron chi connectivity index (χ4n) is 11.7. The number of rotatable bonds is 24. The molecule has 1 heterocycles. The zero-order chi connectivity index (χ0) is 68.0. The van der Waals surface area contributed by atoms with Gasteiger partial charge in [0.1, 0.15) is 24.8 Å². The number of fused-ring (bicyclic) bond motifs is 1. The van der Waals surface area contributed by atoms with Crippen molar-refractivity contribution in [2.24, 2.45) is 17.3 Å². The molecule has 9 aromatic carbocycles. The van der Waals surface area contributed by atoms with Gasteiger partial charge in [-0.15, -0.1) is 0 Å². The van der Waals surface area contributed by atoms with Crippen LogP contribution in [0, 0.1) is 51.9 Å². The van der Waals surface area contributed by atoms with E-state index in [-0.39, 0.29) is 36.6 Å². The summed E-state index contributed by atoms with van der Waals surface area (Å²) in [5.41, 5.74) is 22.9. The monoisotopic (exact) mass is 1290 g/mol. The van der Waals surface area contributed by atoms with E-state index in [0.29, 0.717) is 43.9 Å². The maximum absolute atomic E-state index is 11.7. The second kappa shape index (κ2) is 34.8. The second-order valence-corrected chi connectivity index (χ2v) is 25.6. The lowest BCUT2D eigenvalue weighted by Crippen LogP contribution is -2.27. The zero-order valence-electron chi connectivity index (χ0n) is 56.6. The first-order valence-corrected chi connectivity index (χ1v) is 33.4. The molecule has 95 heavy (non-hydrogen) atoms. The molecule has 3 N–H and O–H groups in total. The van der Waals surface area contributed by atoms with E-state index in [2.05, 4.69) is 223 Å². The molecule has 9 aromatic rings. The minimum absolute atomic E-state index is 0.0281. The van der Waals surface area contributed by atoms with Crippen LogP contribution in [0.15, 0.2) is 188 Å². The van der Waals surface area contributed by atoms with Crippen LogP contribution in [-0.2, 0) is 33.6 Å². The maximum Gasteiger partial charge on any atom is 0.309 e. The Labute approximate surface area is 568 Å². The zero-order valence-corrected chi connectivity index (χ0v) is 57.3. The molecule has 0 radical (unpaired) electrons. The summed E-state index contributed by atoms with van der Waals surface area (Å²) in [4.78, 5) is 34.8. The van der Waals surface area contributed by atoms with E-state index >= 15 is 0 Å². The molecular weight excluding hydrogens is 1200 g/mol. The number of aliphatic hydroxyl groups is 2. The van der Waals surface area contributed by atoms with Crippen molar-refractivity contribution < 1.29 is 39.2 Å². The van der Waals surface area contributed by atoms with Crippen LogP contribution in [0.1, 0.15) is 131 Å². The van der Waals surface area contributed by atoms with Gasteiger partial charge in [0, 0.05) is 16.9 Å². The Morgan fingerprint density at radius 1 is 0.463 bits per heavy atom. The van der Waals surface area contributed by atoms with Gasteiger partial charge >= 0.3 is 5.97 Å². The van der Waals surface area contributed by atoms with Gasteiger partial charge in [-0.2, -0.15) is 0 Å². The van der Waals surface area contributed by atoms with Crippen LogP contribution in [0.25, 0.3) is 69.8 Å². The highest BCUT2D eigenvalue weighted by molar-refractivity contribution is 6.32. The molecule has 0 bridgehead atoms. The molecule has 0 aliphatic carbocycles. The average molecular weight is 1290 g/mol. The van der Waals surface area contributed by atoms with Gasteiger partial charge in [-0.05, 0) is 230 Å². The number of aliphatic carboxylic acids is 1. The normalized spacial score (nSPS) is 13.1. The van der Waals surface area contributed by atoms with E-state index in [1.54, 1.807) is 6.92 Å². The summed E-state index contributed by atoms with van der Waals surface area (Å²) in [6.45, 7) is 18.5. The number of ether oxygens (including phenoxy) is 2. The van der Waals surface area contributed by atoms with Crippen LogP contribution in [-0.4, -0.2) is 59.3 Å². The number of halogens is 1. The van der Waals surface area contributed by atoms with E-state index in [1.807, 2.05) is 50.3 Å². The Balaban J connectivity index is 0.000000183. The van der Waals surface area contributed by atoms with Crippen molar-refractivity contribution in [3.63, 3.8) is 0 Å². The van der Waals surface area contributed by atoms with Gasteiger partial charge in [-0.25, -0.2) is 0 Å². The minimum atomic E-state index is -0.722. The van der Waals surface area contributed by atoms with Gasteiger partial charge in [0.2, 0.25) is 0 Å². The summed E-state index contributed by atoms with van der Waals surface area (Å²) >= 11 is 6.42. The van der Waals surface area contributed by atoms with Crippen molar-refractivity contribution in [3.8, 4) is 44.9 Å². The number of carboxylic acids is 1. The fourth-order valence-corrected chi connectivity index (χ4v) is 11.9. The third-order valence-electron chi connectivity index (χ3n) is 18.6. The number of carboxylic acid groups (broad SMARTS) is 1. The number of benzene rings is 9. The smallest absolute Gasteiger partial charge is 0.309 e. The lowest BCUT2D eigenvalue weighted by molar-refractivity contribution is -0.148. The Bertz CT molecular complexity index is 4010. The number of aryl methyl sites for hydroxylation is 5. The number of hydrogen-bond acceptors (Lipinski definition) is 7. The molecular formula is C86H91ClO8. The molecule has 0 saturated carbocycles. The Morgan fingerprint density at radius 3 is 1.29 bits per heavy atom. The number of aliphatic hydroxyl groups excluding tert-OH is 2. The fraction of sp³-hybridized carbons (Fsp3) is 0.267. The molecule has 490 valence electrons. The quantitative estimate of drug-likeness (QED) is 0.0510. The first kappa shape index (κ1) is 71.7. The molecule has 0 amide bonds. The molecule has 0 saturated heterocycles. The van der Waals surface area contributed by atoms with Crippen LogP contribution in [0.4, 0.5) is 0 Å². The molecule has 10 rings (SSSR count). The third kappa shape index (κ3) is 19.7. The van der Waals surface area contributed by atoms with Crippen LogP contribution in [0.3, 0.4) is 0 Å². The van der Waals surface area contributed by atoms with Crippen LogP contribution < -0.4 is 9.47 Å². The van der Waals surface area contributed by atoms with Crippen molar-refractivity contribution in [1.82, 2.24) is 0 Å². The molecule has 9 heteroatoms. The SMILES string of the molecule is CC(=O)[C@@H](CO)CCc1ccc(C)c(/C=C/c2cccc(-c3ccccc3)c2C)c1.CC(=O)[C@@H](CO)CCc1ccc(Cl)c(/C=C/c2cccc(-c3ccccc3)c2C)c1.CCC(C)(CCc1ccc(C)c(/C=C/c2cccc(-c3ccc4c(c3)OCCO4)c2C)c1)C(=O)O. The number of carbonyl (C=O) groups is 3. The molecule has 8 nitrogen and oxygen atoms in total. The van der Waals surface area contributed by atoms with Crippen molar-refractivity contribution in [2.75, 3.05) is 26.4 Å². The summed E-state index contributed by atoms with van der Waals surface area (Å²) in [6, 6.07) is 64.8. The van der Waals surface area contributed by atoms with E-state index < -0.39 is 11.4 Å². The van der Waals surface area contributed by atoms with Gasteiger partial charge in [-0.3, -0.25) is 14.4 Å². The number of ketones is 2. The van der Waals surface area contributed by atoms with E-state index in [0.717, 1.165) is 69.7 Å². The summed E-state index contributed by atoms with van der Waals surface area (Å²) in [5.74, 6) is 0.381. The van der Waals surface area contributed by atoms with Gasteiger partial charge in [0.05, 0.1) is 18.6 Å². The lowest BCUT2D eigenvalue weighted by Gasteiger charge is -2.22. The van der Waals surface area contributed by atoms with Crippen LogP contribution in [0.5, 0.6) is 11.5 Å². The molecule has 3 atom stereocenters. The highest BCUT2D eigenvalue weighted by Gasteiger charge is 2.30. The average Bonchev–Trinajstić information content (AvgIpc) is 1.16. The highest BCUT2D eigenvalue weighted by atomic mass is 35.5. The molecule has 0 fully saturated rings. The third-order valence-corrected chi connectivity index (χ3v) is 19.0. The van der Waals surface area contributed by atoms with Crippen molar-refractivity contribution in [1.29, 1.82) is 0 Å². The predicted octanol–water partition coefficient (Wildman–Crippen LogP) is 20.2. The van der Waals surface area contributed by atoms with E-state index in [9.17, 15) is 29.7 Å². The first-order chi connectivity index (χ1) is 45.8. The standard InChI is InChI=1S/C31H34O4.C28H30O2.C27H27ClO2/c1-5-31(4,30(32)33)16-15-23-10-9-21(2)25(19-23)12-11-24-7-6-8-27(22(24)3)26-13-14-28-29(20-26)35-18-17-34-28;1-20-12-13-23(14-15-27(19-29)22(3)30)18-26(20)17-16-24-10-7-11-28(21(24)2)25-8-5-4-6-9-25;1-19-22(9-6-10-26(19)23-7-4-3-5-8-23)14-15-24-17-21(12-16-27(24)28)11-13-25(18-29)20(2)30/h6-14,19-20H,5,15-18H2,1-4H3,(H,32,33);4-13,16-18,27,29H,14-15,19H2,1-3H3;3-10,12,14-17,25,29H,11,13,18H2,1-2H3/b12-11+;17-16+;15-14+/t;27-;25-/m.11/s1. The van der Waals surface area contributed by atoms with Gasteiger partial charge in [0.15, 0.2) is 11.5 Å². The Hall–Kier alpha value is -9.18. The molecule has 1 aliphatic rings. The highest BCUT2D eigenvalue weighted by Crippen LogP contribution is 2.37. The summed E-state index contributed by atoms with van der Waals surface area (Å²) < 4.78 is 11.4. The second-order valence-electron chi connectivity index (χ2n) is 25.2. The number of hydrogen-bond donors (Lipinski definition) is 3. The Kier molecular flexibility index (Phi) is 26.3. The number of Topliss-reactive ketones (excluding diaryl/α,β-unsaturated/α-hetero) is 2. The summed E-state index contributed by atoms with van der Waals surface area (Å²) in [7, 11) is 0. The van der Waals surface area contributed by atoms with Gasteiger partial charge < -0.3 is 24.8 Å². The minimum Gasteiger partial charge on any atom is -0.486 e. The topological polar surface area (TPSA) is 130 Å².